The zero-order valence-corrected chi connectivity index (χ0v) is 11.3. The lowest BCUT2D eigenvalue weighted by Gasteiger charge is -2.49. The van der Waals surface area contributed by atoms with E-state index in [-0.39, 0.29) is 5.54 Å². The van der Waals surface area contributed by atoms with E-state index in [1.807, 2.05) is 0 Å². The molecular weight excluding hydrogens is 214 g/mol. The summed E-state index contributed by atoms with van der Waals surface area (Å²) in [7, 11) is 2.19. The highest BCUT2D eigenvalue weighted by Crippen LogP contribution is 2.31. The van der Waals surface area contributed by atoms with Crippen LogP contribution in [0.1, 0.15) is 26.2 Å². The molecule has 17 heavy (non-hydrogen) atoms. The summed E-state index contributed by atoms with van der Waals surface area (Å²) < 4.78 is 0. The maximum atomic E-state index is 9.91. The Kier molecular flexibility index (Phi) is 4.42. The summed E-state index contributed by atoms with van der Waals surface area (Å²) >= 11 is 0. The minimum absolute atomic E-state index is 0.0396. The van der Waals surface area contributed by atoms with Crippen LogP contribution in [0.5, 0.6) is 0 Å². The van der Waals surface area contributed by atoms with Crippen molar-refractivity contribution in [2.24, 2.45) is 0 Å². The molecule has 4 nitrogen and oxygen atoms in total. The second-order valence-electron chi connectivity index (χ2n) is 5.76. The van der Waals surface area contributed by atoms with Crippen LogP contribution in [0.2, 0.25) is 0 Å². The molecule has 2 unspecified atom stereocenters. The minimum atomic E-state index is 0.0396. The van der Waals surface area contributed by atoms with E-state index in [9.17, 15) is 5.11 Å². The van der Waals surface area contributed by atoms with Gasteiger partial charge in [-0.15, -0.1) is 0 Å². The van der Waals surface area contributed by atoms with E-state index < -0.39 is 0 Å². The molecule has 2 rings (SSSR count). The monoisotopic (exact) mass is 241 g/mol. The topological polar surface area (TPSA) is 38.7 Å². The largest absolute Gasteiger partial charge is 0.394 e. The van der Waals surface area contributed by atoms with Crippen molar-refractivity contribution in [1.29, 1.82) is 0 Å². The highest BCUT2D eigenvalue weighted by atomic mass is 16.3. The summed E-state index contributed by atoms with van der Waals surface area (Å²) in [6, 6.07) is 0.576. The van der Waals surface area contributed by atoms with Gasteiger partial charge in [0.05, 0.1) is 6.61 Å². The van der Waals surface area contributed by atoms with Crippen LogP contribution in [0.4, 0.5) is 0 Å². The van der Waals surface area contributed by atoms with Crippen LogP contribution in [0.15, 0.2) is 0 Å². The fourth-order valence-electron chi connectivity index (χ4n) is 3.26. The van der Waals surface area contributed by atoms with Crippen molar-refractivity contribution in [1.82, 2.24) is 15.1 Å². The Morgan fingerprint density at radius 1 is 1.29 bits per heavy atom. The second-order valence-corrected chi connectivity index (χ2v) is 5.76. The lowest BCUT2D eigenvalue weighted by atomic mass is 9.82. The van der Waals surface area contributed by atoms with Gasteiger partial charge >= 0.3 is 0 Å². The summed E-state index contributed by atoms with van der Waals surface area (Å²) in [6.45, 7) is 8.08. The van der Waals surface area contributed by atoms with Crippen LogP contribution in [-0.2, 0) is 0 Å². The predicted molar refractivity (Wildman–Crippen MR) is 70.2 cm³/mol. The number of hydrogen-bond acceptors (Lipinski definition) is 4. The van der Waals surface area contributed by atoms with Gasteiger partial charge in [0.25, 0.3) is 0 Å². The van der Waals surface area contributed by atoms with Gasteiger partial charge in [-0.05, 0) is 46.3 Å². The van der Waals surface area contributed by atoms with Gasteiger partial charge in [0.2, 0.25) is 0 Å². The molecule has 2 atom stereocenters. The van der Waals surface area contributed by atoms with E-state index in [0.29, 0.717) is 12.6 Å². The predicted octanol–water partition coefficient (Wildman–Crippen LogP) is 0.127. The third-order valence-corrected chi connectivity index (χ3v) is 4.66. The van der Waals surface area contributed by atoms with Crippen molar-refractivity contribution in [2.75, 3.05) is 46.4 Å². The Labute approximate surface area is 105 Å². The molecule has 2 saturated heterocycles. The quantitative estimate of drug-likeness (QED) is 0.721. The van der Waals surface area contributed by atoms with Crippen molar-refractivity contribution in [3.63, 3.8) is 0 Å². The van der Waals surface area contributed by atoms with Crippen LogP contribution in [-0.4, -0.2) is 72.9 Å². The van der Waals surface area contributed by atoms with Crippen LogP contribution in [0.25, 0.3) is 0 Å². The summed E-state index contributed by atoms with van der Waals surface area (Å²) in [6.07, 6.45) is 3.40. The minimum Gasteiger partial charge on any atom is -0.394 e. The molecule has 0 aromatic rings. The Balaban J connectivity index is 2.07. The van der Waals surface area contributed by atoms with Crippen molar-refractivity contribution < 1.29 is 5.11 Å². The van der Waals surface area contributed by atoms with Crippen LogP contribution in [0, 0.1) is 0 Å². The number of aliphatic hydroxyl groups excluding tert-OH is 1. The number of hydrogen-bond donors (Lipinski definition) is 2. The van der Waals surface area contributed by atoms with Crippen molar-refractivity contribution in [3.05, 3.63) is 0 Å². The standard InChI is InChI=1S/C13H27N3O/c1-12-10-13(11-17,4-8-15(12)2)16-7-3-5-14-6-9-16/h12,14,17H,3-11H2,1-2H3. The van der Waals surface area contributed by atoms with Gasteiger partial charge < -0.3 is 15.3 Å². The van der Waals surface area contributed by atoms with Gasteiger partial charge in [-0.3, -0.25) is 4.90 Å². The summed E-state index contributed by atoms with van der Waals surface area (Å²) in [5.41, 5.74) is 0.0396. The fraction of sp³-hybridized carbons (Fsp3) is 1.00. The molecule has 2 fully saturated rings. The fourth-order valence-corrected chi connectivity index (χ4v) is 3.26. The lowest BCUT2D eigenvalue weighted by molar-refractivity contribution is -0.0290. The molecule has 2 heterocycles. The molecule has 4 heteroatoms. The van der Waals surface area contributed by atoms with Crippen molar-refractivity contribution >= 4 is 0 Å². The summed E-state index contributed by atoms with van der Waals surface area (Å²) in [5.74, 6) is 0. The SMILES string of the molecule is CC1CC(CO)(N2CCCNCC2)CCN1C. The molecule has 2 aliphatic rings. The van der Waals surface area contributed by atoms with Gasteiger partial charge in [0.1, 0.15) is 0 Å². The number of rotatable bonds is 2. The van der Waals surface area contributed by atoms with E-state index in [4.69, 9.17) is 0 Å². The smallest absolute Gasteiger partial charge is 0.0616 e. The van der Waals surface area contributed by atoms with E-state index in [1.165, 1.54) is 6.42 Å². The molecule has 0 radical (unpaired) electrons. The molecule has 0 spiro atoms. The molecule has 2 aliphatic heterocycles. The van der Waals surface area contributed by atoms with Crippen LogP contribution >= 0.6 is 0 Å². The van der Waals surface area contributed by atoms with Gasteiger partial charge in [-0.1, -0.05) is 0 Å². The van der Waals surface area contributed by atoms with Gasteiger partial charge in [0.15, 0.2) is 0 Å². The molecule has 0 aromatic heterocycles. The Morgan fingerprint density at radius 2 is 2.12 bits per heavy atom. The molecule has 100 valence electrons. The number of piperidine rings is 1. The summed E-state index contributed by atoms with van der Waals surface area (Å²) in [4.78, 5) is 4.94. The van der Waals surface area contributed by atoms with Gasteiger partial charge in [0, 0.05) is 31.2 Å². The van der Waals surface area contributed by atoms with E-state index in [0.717, 1.165) is 45.6 Å². The second kappa shape index (κ2) is 5.65. The number of likely N-dealkylation sites (tertiary alicyclic amines) is 1. The molecule has 0 bridgehead atoms. The highest BCUT2D eigenvalue weighted by Gasteiger charge is 2.41. The number of nitrogens with one attached hydrogen (secondary N) is 1. The van der Waals surface area contributed by atoms with Crippen LogP contribution < -0.4 is 5.32 Å². The van der Waals surface area contributed by atoms with E-state index in [1.54, 1.807) is 0 Å². The molecule has 0 aromatic carbocycles. The van der Waals surface area contributed by atoms with Crippen LogP contribution in [0.3, 0.4) is 0 Å². The van der Waals surface area contributed by atoms with Crippen molar-refractivity contribution in [3.8, 4) is 0 Å². The Hall–Kier alpha value is -0.160. The zero-order chi connectivity index (χ0) is 12.3. The molecular formula is C13H27N3O. The highest BCUT2D eigenvalue weighted by molar-refractivity contribution is 4.98. The first kappa shape index (κ1) is 13.3. The lowest BCUT2D eigenvalue weighted by Crippen LogP contribution is -2.60. The molecule has 0 amide bonds. The maximum absolute atomic E-state index is 9.91. The Morgan fingerprint density at radius 3 is 2.82 bits per heavy atom. The third-order valence-electron chi connectivity index (χ3n) is 4.66. The Bertz CT molecular complexity index is 241. The molecule has 0 saturated carbocycles. The molecule has 0 aliphatic carbocycles. The zero-order valence-electron chi connectivity index (χ0n) is 11.3. The van der Waals surface area contributed by atoms with Gasteiger partial charge in [-0.25, -0.2) is 0 Å². The third kappa shape index (κ3) is 2.81. The maximum Gasteiger partial charge on any atom is 0.0616 e. The average Bonchev–Trinajstić information content (AvgIpc) is 2.62. The van der Waals surface area contributed by atoms with E-state index in [2.05, 4.69) is 29.1 Å². The van der Waals surface area contributed by atoms with E-state index >= 15 is 0 Å². The average molecular weight is 241 g/mol. The van der Waals surface area contributed by atoms with Gasteiger partial charge in [-0.2, -0.15) is 0 Å². The van der Waals surface area contributed by atoms with Crippen molar-refractivity contribution in [2.45, 2.75) is 37.8 Å². The first-order valence-electron chi connectivity index (χ1n) is 6.95. The number of nitrogens with zero attached hydrogens (tertiary/aromatic N) is 2. The first-order chi connectivity index (χ1) is 8.18. The normalized spacial score (nSPS) is 37.9. The number of aliphatic hydroxyl groups is 1. The summed E-state index contributed by atoms with van der Waals surface area (Å²) in [5, 5.41) is 13.4. The first-order valence-corrected chi connectivity index (χ1v) is 6.95. The molecule has 2 N–H and O–H groups in total.